The van der Waals surface area contributed by atoms with E-state index in [1.165, 1.54) is 108 Å². The average molecular weight is 2030 g/mol. The number of H-pyrrole nitrogens is 2. The first kappa shape index (κ1) is 103. The van der Waals surface area contributed by atoms with Crippen molar-refractivity contribution >= 4 is 62.9 Å². The number of carboxylic acid groups (broad SMARTS) is 1. The lowest BCUT2D eigenvalue weighted by Crippen LogP contribution is -2.29. The number of carbonyl (C=O) groups excluding carboxylic acids is 2. The van der Waals surface area contributed by atoms with E-state index in [1.807, 2.05) is 0 Å². The summed E-state index contributed by atoms with van der Waals surface area (Å²) in [5.41, 5.74) is -6.68. The number of rotatable bonds is 22. The number of hydrogen-bond donors (Lipinski definition) is 6. The van der Waals surface area contributed by atoms with Crippen LogP contribution in [0.1, 0.15) is 53.3 Å². The van der Waals surface area contributed by atoms with Gasteiger partial charge in [0.25, 0.3) is 5.56 Å². The third kappa shape index (κ3) is 24.4. The van der Waals surface area contributed by atoms with Gasteiger partial charge in [0, 0.05) is 90.1 Å². The average Bonchev–Trinajstić information content (AvgIpc) is 0.758. The first-order valence-corrected chi connectivity index (χ1v) is 41.3. The number of alkyl halides is 12. The Morgan fingerprint density at radius 3 is 1.16 bits per heavy atom. The predicted molar refractivity (Wildman–Crippen MR) is 482 cm³/mol. The molecule has 9 aromatic heterocycles. The topological polar surface area (TPSA) is 355 Å². The molecule has 8 aromatic carbocycles. The van der Waals surface area contributed by atoms with Gasteiger partial charge in [0.2, 0.25) is 40.3 Å². The number of ether oxygens (including phenoxy) is 6. The number of hydrogen-bond acceptors (Lipinski definition) is 22. The highest BCUT2D eigenvalue weighted by Gasteiger charge is 2.40. The van der Waals surface area contributed by atoms with Crippen LogP contribution >= 0.6 is 0 Å². The number of aromatic carboxylic acids is 1. The highest BCUT2D eigenvalue weighted by Crippen LogP contribution is 2.45. The van der Waals surface area contributed by atoms with Gasteiger partial charge >= 0.3 is 42.6 Å². The van der Waals surface area contributed by atoms with Crippen LogP contribution in [-0.2, 0) is 34.2 Å². The Bertz CT molecular complexity index is 8050. The molecule has 0 aliphatic rings. The fourth-order valence-electron chi connectivity index (χ4n) is 13.8. The summed E-state index contributed by atoms with van der Waals surface area (Å²) in [6.45, 7) is 0. The quantitative estimate of drug-likeness (QED) is 0.0159. The summed E-state index contributed by atoms with van der Waals surface area (Å²) in [6, 6.07) is 44.4. The lowest BCUT2D eigenvalue weighted by atomic mass is 10.1. The Balaban J connectivity index is 0.000000154. The zero-order valence-corrected chi connectivity index (χ0v) is 73.5. The van der Waals surface area contributed by atoms with Crippen molar-refractivity contribution in [3.63, 3.8) is 0 Å². The molecule has 0 atom stereocenters. The Kier molecular flexibility index (Phi) is 30.7. The van der Waals surface area contributed by atoms with E-state index < -0.39 is 157 Å². The van der Waals surface area contributed by atoms with E-state index in [9.17, 15) is 127 Å². The number of halogens is 20. The second kappa shape index (κ2) is 43.5. The summed E-state index contributed by atoms with van der Waals surface area (Å²) in [7, 11) is 2.22. The number of pyridine rings is 8. The summed E-state index contributed by atoms with van der Waals surface area (Å²) in [4.78, 5) is 101. The molecule has 27 nitrogen and oxygen atoms in total. The van der Waals surface area contributed by atoms with E-state index in [4.69, 9.17) is 28.4 Å². The zero-order chi connectivity index (χ0) is 105. The first-order chi connectivity index (χ1) is 69.4. The minimum Gasteiger partial charge on any atom is -0.618 e. The molecule has 6 N–H and O–H groups in total. The number of methoxy groups -OCH3 is 2. The predicted octanol–water partition coefficient (Wildman–Crippen LogP) is 24.0. The molecule has 0 radical (unpaired) electrons. The Morgan fingerprint density at radius 2 is 0.726 bits per heavy atom. The van der Waals surface area contributed by atoms with Crippen molar-refractivity contribution in [1.29, 1.82) is 0 Å². The van der Waals surface area contributed by atoms with E-state index in [0.717, 1.165) is 161 Å². The smallest absolute Gasteiger partial charge is 0.421 e. The molecule has 744 valence electrons. The SMILES string of the molecule is COC(=O)c1cc(Oc2ncccc2C(F)(F)F)ccc1Nc1ccc[n+]([O-])c1-c1ccc(F)cc1F.COC(=O)c1cc(Oc2ncccc2C(F)(F)F)ccc1Nc1cccnc1-c1ccc(F)cc1F.O=C(O)c1cc(Oc2ncccc2C(F)(F)F)ccc1Nc1ccc(=O)[nH]c1-c1ccc(F)cc1F.O=c1ccc(-n2cnc(=O)c3cc(Oc4ncccc4C(F)(F)F)ccc32)c(-c2ccc(F)cc2F)[nH]1. The molecule has 0 amide bonds. The Hall–Kier alpha value is -18.9. The van der Waals surface area contributed by atoms with Crippen molar-refractivity contribution in [2.45, 2.75) is 24.7 Å². The van der Waals surface area contributed by atoms with Crippen LogP contribution in [0.4, 0.5) is 122 Å². The summed E-state index contributed by atoms with van der Waals surface area (Å²) < 4.78 is 303. The summed E-state index contributed by atoms with van der Waals surface area (Å²) in [5.74, 6) is -13.7. The van der Waals surface area contributed by atoms with E-state index in [-0.39, 0.29) is 130 Å². The highest BCUT2D eigenvalue weighted by molar-refractivity contribution is 6.00. The van der Waals surface area contributed by atoms with Gasteiger partial charge in [-0.3, -0.25) is 23.9 Å². The minimum absolute atomic E-state index is 0.00824. The number of aromatic nitrogens is 10. The van der Waals surface area contributed by atoms with E-state index in [2.05, 4.69) is 55.8 Å². The molecule has 0 unspecified atom stereocenters. The fraction of sp³-hybridized carbons (Fsp3) is 0.0606. The number of benzene rings is 8. The third-order valence-electron chi connectivity index (χ3n) is 20.4. The number of nitrogens with zero attached hydrogens (tertiary/aromatic N) is 8. The van der Waals surface area contributed by atoms with E-state index in [1.54, 1.807) is 12.1 Å². The van der Waals surface area contributed by atoms with Crippen LogP contribution in [0.15, 0.2) is 301 Å². The molecule has 0 bridgehead atoms. The van der Waals surface area contributed by atoms with E-state index >= 15 is 0 Å². The Labute approximate surface area is 804 Å². The van der Waals surface area contributed by atoms with Gasteiger partial charge in [0.1, 0.15) is 104 Å². The molecule has 0 aliphatic heterocycles. The van der Waals surface area contributed by atoms with Crippen molar-refractivity contribution in [3.8, 4) is 97.2 Å². The fourth-order valence-corrected chi connectivity index (χ4v) is 13.8. The molecule has 47 heteroatoms. The largest absolute Gasteiger partial charge is 0.618 e. The van der Waals surface area contributed by atoms with E-state index in [0.29, 0.717) is 29.0 Å². The van der Waals surface area contributed by atoms with Gasteiger partial charge in [-0.15, -0.1) is 0 Å². The molecule has 0 saturated heterocycles. The van der Waals surface area contributed by atoms with Gasteiger partial charge < -0.3 is 64.7 Å². The van der Waals surface area contributed by atoms with Crippen molar-refractivity contribution in [3.05, 3.63) is 408 Å². The van der Waals surface area contributed by atoms with Gasteiger partial charge in [-0.1, -0.05) is 0 Å². The second-order valence-corrected chi connectivity index (χ2v) is 29.9. The monoisotopic (exact) mass is 2030 g/mol. The molecule has 0 saturated carbocycles. The number of nitrogens with one attached hydrogen (secondary N) is 5. The van der Waals surface area contributed by atoms with Gasteiger partial charge in [0.05, 0.1) is 98.6 Å². The highest BCUT2D eigenvalue weighted by atomic mass is 19.4. The summed E-state index contributed by atoms with van der Waals surface area (Å²) >= 11 is 0. The number of carbonyl (C=O) groups is 3. The molecule has 0 aliphatic carbocycles. The number of aromatic amines is 2. The molecule has 0 spiro atoms. The molecule has 17 rings (SSSR count). The number of fused-ring (bicyclic) bond motifs is 1. The normalized spacial score (nSPS) is 11.3. The molecular weight excluding hydrogens is 1980 g/mol. The number of anilines is 6. The van der Waals surface area contributed by atoms with Crippen LogP contribution in [0.25, 0.3) is 61.6 Å². The minimum atomic E-state index is -4.75. The van der Waals surface area contributed by atoms with Gasteiger partial charge in [-0.25, -0.2) is 69.4 Å². The lowest BCUT2D eigenvalue weighted by Gasteiger charge is -2.16. The van der Waals surface area contributed by atoms with Crippen LogP contribution in [0, 0.1) is 51.7 Å². The lowest BCUT2D eigenvalue weighted by molar-refractivity contribution is -0.593. The maximum Gasteiger partial charge on any atom is 0.421 e. The van der Waals surface area contributed by atoms with Gasteiger partial charge in [-0.05, 0) is 200 Å². The third-order valence-corrected chi connectivity index (χ3v) is 20.4. The van der Waals surface area contributed by atoms with Crippen molar-refractivity contribution < 1.29 is 140 Å². The van der Waals surface area contributed by atoms with Crippen LogP contribution in [0.3, 0.4) is 0 Å². The van der Waals surface area contributed by atoms with Gasteiger partial charge in [0.15, 0.2) is 6.20 Å². The van der Waals surface area contributed by atoms with Crippen LogP contribution in [0.5, 0.6) is 46.5 Å². The number of esters is 2. The second-order valence-electron chi connectivity index (χ2n) is 29.9. The van der Waals surface area contributed by atoms with Gasteiger partial charge in [-0.2, -0.15) is 62.4 Å². The Morgan fingerprint density at radius 1 is 0.370 bits per heavy atom. The van der Waals surface area contributed by atoms with Crippen LogP contribution in [0.2, 0.25) is 0 Å². The molecular formula is C99H59F20N13O14. The van der Waals surface area contributed by atoms with Crippen molar-refractivity contribution in [2.75, 3.05) is 30.2 Å². The molecule has 9 heterocycles. The van der Waals surface area contributed by atoms with Crippen molar-refractivity contribution in [2.24, 2.45) is 0 Å². The first-order valence-electron chi connectivity index (χ1n) is 41.3. The van der Waals surface area contributed by atoms with Crippen LogP contribution < -0.4 is 56.3 Å². The summed E-state index contributed by atoms with van der Waals surface area (Å²) in [6.07, 6.45) is -10.8. The maximum atomic E-state index is 14.6. The maximum absolute atomic E-state index is 14.6. The standard InChI is InChI=1S/C25H13F5N4O3.C25H16F5N3O4.C25H16F5N3O3.C24H14F5N3O4/c26-13-3-5-15(18(27)10-13)22-20(7-8-21(35)33-22)34-12-32-23(36)16-11-14(4-6-19(16)34)37-24-17(25(28,29)30)2-1-9-31-24;1-36-24(34)17-13-15(37-23-18(25(28,29)30)4-2-10-31-23)7-9-20(17)32-21-5-3-11-33(35)22(21)16-8-6-14(26)12-19(16)27;1-35-24(34)17-13-15(36-23-18(25(28,29)30)4-2-11-32-23)7-9-20(17)33-21-5-3-10-31-22(21)16-8-6-14(26)12-19(16)27;25-12-3-5-14(17(26)10-12)21-19(7-8-20(33)32-21)31-18-6-4-13(11-15(18)23(34)35)36-22-16(24(27,28)29)2-1-9-30-22/h1-12H,(H,33,35);2-13,32H,1H3;2-13,33H,1H3;1-11,31H,(H,32,33)(H,34,35). The number of carboxylic acids is 1. The summed E-state index contributed by atoms with van der Waals surface area (Å²) in [5, 5.41) is 30.7. The van der Waals surface area contributed by atoms with Crippen LogP contribution in [-0.4, -0.2) is 81.7 Å². The molecule has 0 fully saturated rings. The van der Waals surface area contributed by atoms with Crippen molar-refractivity contribution in [1.82, 2.24) is 44.4 Å². The zero-order valence-electron chi connectivity index (χ0n) is 73.5. The molecule has 17 aromatic rings. The molecule has 146 heavy (non-hydrogen) atoms.